The first-order chi connectivity index (χ1) is 11.5. The number of ether oxygens (including phenoxy) is 1. The zero-order valence-electron chi connectivity index (χ0n) is 14.2. The largest absolute Gasteiger partial charge is 0.484 e. The number of aryl methyl sites for hydroxylation is 1. The summed E-state index contributed by atoms with van der Waals surface area (Å²) >= 11 is 0. The monoisotopic (exact) mass is 328 g/mol. The highest BCUT2D eigenvalue weighted by Gasteiger charge is 2.26. The maximum absolute atomic E-state index is 12.3. The Labute approximate surface area is 142 Å². The molecule has 1 aliphatic heterocycles. The van der Waals surface area contributed by atoms with E-state index in [0.29, 0.717) is 12.1 Å². The van der Waals surface area contributed by atoms with E-state index >= 15 is 0 Å². The number of imidazole rings is 1. The van der Waals surface area contributed by atoms with Gasteiger partial charge in [-0.15, -0.1) is 0 Å². The van der Waals surface area contributed by atoms with Crippen LogP contribution in [0.15, 0.2) is 36.9 Å². The smallest absolute Gasteiger partial charge is 0.176 e. The summed E-state index contributed by atoms with van der Waals surface area (Å²) < 4.78 is 7.93. The van der Waals surface area contributed by atoms with Crippen molar-refractivity contribution >= 4 is 11.5 Å². The number of fused-ring (bicyclic) bond motifs is 1. The number of ketones is 1. The van der Waals surface area contributed by atoms with Gasteiger partial charge in [-0.1, -0.05) is 0 Å². The predicted octanol–water partition coefficient (Wildman–Crippen LogP) is 2.33. The molecule has 3 rings (SSSR count). The van der Waals surface area contributed by atoms with E-state index in [2.05, 4.69) is 15.6 Å². The number of nitrogens with zero attached hydrogens (tertiary/aromatic N) is 2. The van der Waals surface area contributed by atoms with Crippen molar-refractivity contribution in [1.82, 2.24) is 14.9 Å². The lowest BCUT2D eigenvalue weighted by molar-refractivity contribution is 0.0990. The first-order valence-electron chi connectivity index (χ1n) is 8.30. The second-order valence-electron chi connectivity index (χ2n) is 6.68. The van der Waals surface area contributed by atoms with Crippen LogP contribution >= 0.6 is 0 Å². The molecule has 0 amide bonds. The van der Waals surface area contributed by atoms with Crippen molar-refractivity contribution in [2.75, 3.05) is 25.0 Å². The van der Waals surface area contributed by atoms with Gasteiger partial charge in [0.2, 0.25) is 0 Å². The molecule has 1 aromatic carbocycles. The van der Waals surface area contributed by atoms with Crippen LogP contribution in [0.2, 0.25) is 0 Å². The van der Waals surface area contributed by atoms with E-state index in [1.165, 1.54) is 0 Å². The van der Waals surface area contributed by atoms with E-state index in [-0.39, 0.29) is 11.4 Å². The number of hydrogen-bond acceptors (Lipinski definition) is 5. The van der Waals surface area contributed by atoms with Crippen LogP contribution in [0.1, 0.15) is 30.6 Å². The SMILES string of the molecule is CC1(C)CNc2cc(C(=O)CNCCCn3ccnc3)ccc2O1. The molecule has 6 nitrogen and oxygen atoms in total. The number of nitrogens with one attached hydrogen (secondary N) is 2. The Morgan fingerprint density at radius 1 is 1.46 bits per heavy atom. The normalized spacial score (nSPS) is 15.2. The number of carbonyl (C=O) groups is 1. The lowest BCUT2D eigenvalue weighted by Crippen LogP contribution is -2.40. The molecule has 0 radical (unpaired) electrons. The molecule has 6 heteroatoms. The molecule has 2 aromatic rings. The third kappa shape index (κ3) is 4.14. The van der Waals surface area contributed by atoms with Crippen molar-refractivity contribution in [3.8, 4) is 5.75 Å². The second kappa shape index (κ2) is 7.05. The van der Waals surface area contributed by atoms with Gasteiger partial charge >= 0.3 is 0 Å². The van der Waals surface area contributed by atoms with Gasteiger partial charge < -0.3 is 19.9 Å². The number of benzene rings is 1. The van der Waals surface area contributed by atoms with Gasteiger partial charge in [0.25, 0.3) is 0 Å². The molecule has 1 aromatic heterocycles. The molecule has 24 heavy (non-hydrogen) atoms. The standard InChI is InChI=1S/C18H24N4O2/c1-18(2)12-21-15-10-14(4-5-17(15)24-18)16(23)11-19-6-3-8-22-9-7-20-13-22/h4-5,7,9-10,13,19,21H,3,6,8,11-12H2,1-2H3. The minimum absolute atomic E-state index is 0.0899. The van der Waals surface area contributed by atoms with Crippen molar-refractivity contribution in [1.29, 1.82) is 0 Å². The van der Waals surface area contributed by atoms with Gasteiger partial charge in [-0.3, -0.25) is 4.79 Å². The first-order valence-corrected chi connectivity index (χ1v) is 8.30. The van der Waals surface area contributed by atoms with Crippen LogP contribution in [0, 0.1) is 0 Å². The maximum Gasteiger partial charge on any atom is 0.176 e. The molecule has 2 N–H and O–H groups in total. The molecule has 128 valence electrons. The summed E-state index contributed by atoms with van der Waals surface area (Å²) in [5, 5.41) is 6.54. The van der Waals surface area contributed by atoms with Gasteiger partial charge in [0.15, 0.2) is 5.78 Å². The molecule has 0 bridgehead atoms. The number of anilines is 1. The Morgan fingerprint density at radius 3 is 3.12 bits per heavy atom. The first kappa shape index (κ1) is 16.5. The van der Waals surface area contributed by atoms with Crippen molar-refractivity contribution in [2.24, 2.45) is 0 Å². The molecule has 0 saturated heterocycles. The van der Waals surface area contributed by atoms with Crippen LogP contribution in [0.4, 0.5) is 5.69 Å². The second-order valence-corrected chi connectivity index (χ2v) is 6.68. The zero-order chi connectivity index (χ0) is 17.0. The zero-order valence-corrected chi connectivity index (χ0v) is 14.2. The molecular formula is C18H24N4O2. The summed E-state index contributed by atoms with van der Waals surface area (Å²) in [4.78, 5) is 16.3. The van der Waals surface area contributed by atoms with Crippen LogP contribution in [0.25, 0.3) is 0 Å². The number of hydrogen-bond donors (Lipinski definition) is 2. The van der Waals surface area contributed by atoms with Crippen LogP contribution in [0.5, 0.6) is 5.75 Å². The van der Waals surface area contributed by atoms with E-state index in [0.717, 1.165) is 37.5 Å². The van der Waals surface area contributed by atoms with E-state index < -0.39 is 0 Å². The number of rotatable bonds is 7. The minimum Gasteiger partial charge on any atom is -0.484 e. The Bertz CT molecular complexity index is 695. The van der Waals surface area contributed by atoms with E-state index in [4.69, 9.17) is 4.74 Å². The summed E-state index contributed by atoms with van der Waals surface area (Å²) in [6.45, 7) is 6.84. The number of Topliss-reactive ketones (excluding diaryl/α,β-unsaturated/α-hetero) is 1. The maximum atomic E-state index is 12.3. The van der Waals surface area contributed by atoms with Crippen molar-refractivity contribution in [3.63, 3.8) is 0 Å². The Balaban J connectivity index is 1.47. The average molecular weight is 328 g/mol. The van der Waals surface area contributed by atoms with Gasteiger partial charge in [0.05, 0.1) is 25.1 Å². The number of aromatic nitrogens is 2. The van der Waals surface area contributed by atoms with E-state index in [1.807, 2.05) is 42.8 Å². The molecule has 0 unspecified atom stereocenters. The number of carbonyl (C=O) groups excluding carboxylic acids is 1. The highest BCUT2D eigenvalue weighted by atomic mass is 16.5. The van der Waals surface area contributed by atoms with Crippen molar-refractivity contribution < 1.29 is 9.53 Å². The Morgan fingerprint density at radius 2 is 2.33 bits per heavy atom. The van der Waals surface area contributed by atoms with Gasteiger partial charge in [-0.2, -0.15) is 0 Å². The molecule has 0 fully saturated rings. The van der Waals surface area contributed by atoms with E-state index in [1.54, 1.807) is 12.5 Å². The lowest BCUT2D eigenvalue weighted by atomic mass is 10.0. The Kier molecular flexibility index (Phi) is 4.85. The quantitative estimate of drug-likeness (QED) is 0.603. The van der Waals surface area contributed by atoms with Crippen LogP contribution in [-0.2, 0) is 6.54 Å². The summed E-state index contributed by atoms with van der Waals surface area (Å²) in [6, 6.07) is 5.58. The molecular weight excluding hydrogens is 304 g/mol. The summed E-state index contributed by atoms with van der Waals surface area (Å²) in [6.07, 6.45) is 6.47. The lowest BCUT2D eigenvalue weighted by Gasteiger charge is -2.33. The van der Waals surface area contributed by atoms with Crippen molar-refractivity contribution in [3.05, 3.63) is 42.5 Å². The molecule has 0 saturated carbocycles. The topological polar surface area (TPSA) is 68.2 Å². The highest BCUT2D eigenvalue weighted by Crippen LogP contribution is 2.33. The third-order valence-corrected chi connectivity index (χ3v) is 4.01. The predicted molar refractivity (Wildman–Crippen MR) is 93.7 cm³/mol. The van der Waals surface area contributed by atoms with Crippen molar-refractivity contribution in [2.45, 2.75) is 32.4 Å². The highest BCUT2D eigenvalue weighted by molar-refractivity contribution is 5.98. The average Bonchev–Trinajstić information content (AvgIpc) is 3.06. The van der Waals surface area contributed by atoms with E-state index in [9.17, 15) is 4.79 Å². The third-order valence-electron chi connectivity index (χ3n) is 4.01. The van der Waals surface area contributed by atoms with Crippen LogP contribution in [0.3, 0.4) is 0 Å². The van der Waals surface area contributed by atoms with Gasteiger partial charge in [-0.05, 0) is 45.0 Å². The van der Waals surface area contributed by atoms with Gasteiger partial charge in [0, 0.05) is 24.5 Å². The molecule has 0 spiro atoms. The molecule has 1 aliphatic rings. The summed E-state index contributed by atoms with van der Waals surface area (Å²) in [7, 11) is 0. The fraction of sp³-hybridized carbons (Fsp3) is 0.444. The fourth-order valence-corrected chi connectivity index (χ4v) is 2.68. The van der Waals surface area contributed by atoms with Gasteiger partial charge in [-0.25, -0.2) is 4.98 Å². The van der Waals surface area contributed by atoms with Gasteiger partial charge in [0.1, 0.15) is 11.4 Å². The summed E-state index contributed by atoms with van der Waals surface area (Å²) in [5.41, 5.74) is 1.36. The van der Waals surface area contributed by atoms with Crippen LogP contribution < -0.4 is 15.4 Å². The minimum atomic E-state index is -0.227. The van der Waals surface area contributed by atoms with Crippen LogP contribution in [-0.4, -0.2) is 40.6 Å². The Hall–Kier alpha value is -2.34. The fourth-order valence-electron chi connectivity index (χ4n) is 2.68. The molecule has 0 atom stereocenters. The summed E-state index contributed by atoms with van der Waals surface area (Å²) in [5.74, 6) is 0.892. The molecule has 2 heterocycles. The molecule has 0 aliphatic carbocycles.